The number of amides is 1. The molecule has 0 atom stereocenters. The second kappa shape index (κ2) is 5.47. The van der Waals surface area contributed by atoms with Crippen molar-refractivity contribution >= 4 is 23.2 Å². The highest BCUT2D eigenvalue weighted by molar-refractivity contribution is 6.32. The predicted octanol–water partition coefficient (Wildman–Crippen LogP) is 3.89. The molecule has 0 aliphatic carbocycles. The highest BCUT2D eigenvalue weighted by Crippen LogP contribution is 2.33. The van der Waals surface area contributed by atoms with Crippen LogP contribution in [0.15, 0.2) is 36.4 Å². The molecule has 0 saturated heterocycles. The van der Waals surface area contributed by atoms with Crippen LogP contribution in [0.4, 0.5) is 5.69 Å². The van der Waals surface area contributed by atoms with E-state index < -0.39 is 0 Å². The van der Waals surface area contributed by atoms with Gasteiger partial charge in [0.25, 0.3) is 0 Å². The Kier molecular flexibility index (Phi) is 3.51. The van der Waals surface area contributed by atoms with Gasteiger partial charge in [0.2, 0.25) is 5.91 Å². The Labute approximate surface area is 126 Å². The number of carbonyl (C=O) groups is 1. The average Bonchev–Trinajstić information content (AvgIpc) is 2.49. The molecular weight excluding hydrogens is 288 g/mol. The van der Waals surface area contributed by atoms with Crippen molar-refractivity contribution in [2.45, 2.75) is 12.8 Å². The molecule has 4 nitrogen and oxygen atoms in total. The largest absolute Gasteiger partial charge is 0.456 e. The number of carbonyl (C=O) groups excluding carboxylic acids is 1. The lowest BCUT2D eigenvalue weighted by Crippen LogP contribution is -2.18. The Morgan fingerprint density at radius 1 is 1.19 bits per heavy atom. The smallest absolute Gasteiger partial charge is 0.224 e. The third-order valence-corrected chi connectivity index (χ3v) is 3.56. The number of nitrogens with one attached hydrogen (secondary N) is 1. The van der Waals surface area contributed by atoms with Gasteiger partial charge in [-0.1, -0.05) is 11.6 Å². The van der Waals surface area contributed by atoms with Crippen LogP contribution in [0.5, 0.6) is 11.5 Å². The molecule has 21 heavy (non-hydrogen) atoms. The fourth-order valence-electron chi connectivity index (χ4n) is 2.20. The molecule has 1 aliphatic rings. The summed E-state index contributed by atoms with van der Waals surface area (Å²) in [5, 5.41) is 12.0. The maximum absolute atomic E-state index is 11.3. The zero-order valence-electron chi connectivity index (χ0n) is 11.0. The lowest BCUT2D eigenvalue weighted by molar-refractivity contribution is -0.116. The van der Waals surface area contributed by atoms with E-state index in [1.807, 2.05) is 18.2 Å². The molecule has 0 radical (unpaired) electrons. The second-order valence-electron chi connectivity index (χ2n) is 4.73. The first kappa shape index (κ1) is 13.5. The average molecular weight is 299 g/mol. The van der Waals surface area contributed by atoms with Gasteiger partial charge in [-0.05, 0) is 48.4 Å². The summed E-state index contributed by atoms with van der Waals surface area (Å²) in [5.41, 5.74) is 2.35. The second-order valence-corrected chi connectivity index (χ2v) is 5.13. The first-order chi connectivity index (χ1) is 10.2. The van der Waals surface area contributed by atoms with Gasteiger partial charge in [0.15, 0.2) is 0 Å². The van der Waals surface area contributed by atoms with E-state index in [4.69, 9.17) is 21.6 Å². The van der Waals surface area contributed by atoms with Gasteiger partial charge in [0.1, 0.15) is 11.5 Å². The minimum absolute atomic E-state index is 0.0336. The van der Waals surface area contributed by atoms with E-state index in [2.05, 4.69) is 5.32 Å². The highest BCUT2D eigenvalue weighted by Gasteiger charge is 2.15. The minimum Gasteiger partial charge on any atom is -0.456 e. The monoisotopic (exact) mass is 298 g/mol. The molecule has 0 fully saturated rings. The van der Waals surface area contributed by atoms with Crippen LogP contribution in [0.3, 0.4) is 0 Å². The van der Waals surface area contributed by atoms with Gasteiger partial charge >= 0.3 is 0 Å². The summed E-state index contributed by atoms with van der Waals surface area (Å²) in [6, 6.07) is 12.4. The molecule has 2 aromatic carbocycles. The highest BCUT2D eigenvalue weighted by atomic mass is 35.5. The molecule has 0 spiro atoms. The third kappa shape index (κ3) is 2.83. The van der Waals surface area contributed by atoms with Crippen molar-refractivity contribution in [3.63, 3.8) is 0 Å². The van der Waals surface area contributed by atoms with Crippen molar-refractivity contribution in [3.8, 4) is 17.6 Å². The zero-order valence-corrected chi connectivity index (χ0v) is 11.8. The molecule has 0 aromatic heterocycles. The number of nitrogens with zero attached hydrogens (tertiary/aromatic N) is 1. The lowest BCUT2D eigenvalue weighted by atomic mass is 10.0. The molecular formula is C16H11ClN2O2. The molecule has 0 unspecified atom stereocenters. The number of rotatable bonds is 2. The first-order valence-corrected chi connectivity index (χ1v) is 6.84. The molecule has 1 aliphatic heterocycles. The molecule has 1 amide bonds. The molecule has 5 heteroatoms. The Morgan fingerprint density at radius 2 is 2.05 bits per heavy atom. The van der Waals surface area contributed by atoms with E-state index in [9.17, 15) is 4.79 Å². The number of ether oxygens (including phenoxy) is 1. The number of hydrogen-bond donors (Lipinski definition) is 1. The van der Waals surface area contributed by atoms with E-state index in [0.717, 1.165) is 11.3 Å². The number of halogens is 1. The van der Waals surface area contributed by atoms with Gasteiger partial charge in [-0.3, -0.25) is 4.79 Å². The van der Waals surface area contributed by atoms with Crippen molar-refractivity contribution in [1.29, 1.82) is 5.26 Å². The Hall–Kier alpha value is -2.51. The van der Waals surface area contributed by atoms with Crippen LogP contribution in [0.1, 0.15) is 17.5 Å². The van der Waals surface area contributed by atoms with Crippen LogP contribution in [0.2, 0.25) is 5.02 Å². The van der Waals surface area contributed by atoms with Gasteiger partial charge in [-0.25, -0.2) is 0 Å². The summed E-state index contributed by atoms with van der Waals surface area (Å²) in [7, 11) is 0. The SMILES string of the molecule is N#Cc1ccc(Oc2ccc3c(c2)CCC(=O)N3)c(Cl)c1. The summed E-state index contributed by atoms with van der Waals surface area (Å²) in [6.07, 6.45) is 1.17. The summed E-state index contributed by atoms with van der Waals surface area (Å²) in [5.74, 6) is 1.18. The zero-order chi connectivity index (χ0) is 14.8. The number of aryl methyl sites for hydroxylation is 1. The van der Waals surface area contributed by atoms with Crippen LogP contribution in [-0.4, -0.2) is 5.91 Å². The standard InChI is InChI=1S/C16H11ClN2O2/c17-13-7-10(9-18)1-5-15(13)21-12-3-4-14-11(8-12)2-6-16(20)19-14/h1,3-5,7-8H,2,6H2,(H,19,20). The molecule has 2 aromatic rings. The molecule has 104 valence electrons. The lowest BCUT2D eigenvalue weighted by Gasteiger charge is -2.17. The fraction of sp³-hybridized carbons (Fsp3) is 0.125. The third-order valence-electron chi connectivity index (χ3n) is 3.26. The van der Waals surface area contributed by atoms with E-state index in [1.165, 1.54) is 0 Å². The summed E-state index contributed by atoms with van der Waals surface area (Å²) in [6.45, 7) is 0. The van der Waals surface area contributed by atoms with Crippen LogP contribution in [-0.2, 0) is 11.2 Å². The fourth-order valence-corrected chi connectivity index (χ4v) is 2.42. The van der Waals surface area contributed by atoms with Gasteiger partial charge in [0.05, 0.1) is 16.7 Å². The van der Waals surface area contributed by atoms with E-state index in [0.29, 0.717) is 34.9 Å². The Bertz CT molecular complexity index is 765. The van der Waals surface area contributed by atoms with Gasteiger partial charge in [-0.15, -0.1) is 0 Å². The van der Waals surface area contributed by atoms with E-state index in [1.54, 1.807) is 24.3 Å². The maximum Gasteiger partial charge on any atom is 0.224 e. The van der Waals surface area contributed by atoms with Crippen LogP contribution < -0.4 is 10.1 Å². The van der Waals surface area contributed by atoms with Gasteiger partial charge in [-0.2, -0.15) is 5.26 Å². The normalized spacial score (nSPS) is 13.0. The molecule has 1 N–H and O–H groups in total. The van der Waals surface area contributed by atoms with Crippen LogP contribution in [0, 0.1) is 11.3 Å². The van der Waals surface area contributed by atoms with Crippen molar-refractivity contribution in [2.24, 2.45) is 0 Å². The Balaban J connectivity index is 1.86. The van der Waals surface area contributed by atoms with Crippen LogP contribution >= 0.6 is 11.6 Å². The maximum atomic E-state index is 11.3. The number of nitriles is 1. The van der Waals surface area contributed by atoms with Gasteiger partial charge < -0.3 is 10.1 Å². The van der Waals surface area contributed by atoms with Crippen molar-refractivity contribution < 1.29 is 9.53 Å². The number of benzene rings is 2. The van der Waals surface area contributed by atoms with E-state index >= 15 is 0 Å². The number of fused-ring (bicyclic) bond motifs is 1. The summed E-state index contributed by atoms with van der Waals surface area (Å²) < 4.78 is 5.75. The summed E-state index contributed by atoms with van der Waals surface area (Å²) in [4.78, 5) is 11.3. The molecule has 0 bridgehead atoms. The number of anilines is 1. The molecule has 0 saturated carbocycles. The predicted molar refractivity (Wildman–Crippen MR) is 79.6 cm³/mol. The molecule has 1 heterocycles. The van der Waals surface area contributed by atoms with Crippen molar-refractivity contribution in [2.75, 3.05) is 5.32 Å². The van der Waals surface area contributed by atoms with Crippen molar-refractivity contribution in [1.82, 2.24) is 0 Å². The van der Waals surface area contributed by atoms with Crippen molar-refractivity contribution in [3.05, 3.63) is 52.5 Å². The molecule has 3 rings (SSSR count). The van der Waals surface area contributed by atoms with Crippen LogP contribution in [0.25, 0.3) is 0 Å². The number of hydrogen-bond acceptors (Lipinski definition) is 3. The first-order valence-electron chi connectivity index (χ1n) is 6.46. The minimum atomic E-state index is 0.0336. The van der Waals surface area contributed by atoms with Gasteiger partial charge in [0, 0.05) is 12.1 Å². The quantitative estimate of drug-likeness (QED) is 0.915. The van der Waals surface area contributed by atoms with E-state index in [-0.39, 0.29) is 5.91 Å². The summed E-state index contributed by atoms with van der Waals surface area (Å²) >= 11 is 6.09. The topological polar surface area (TPSA) is 62.1 Å². The Morgan fingerprint density at radius 3 is 2.81 bits per heavy atom.